The quantitative estimate of drug-likeness (QED) is 0.396. The molecule has 7 heteroatoms. The highest BCUT2D eigenvalue weighted by Crippen LogP contribution is 2.24. The Labute approximate surface area is 154 Å². The van der Waals surface area contributed by atoms with Crippen molar-refractivity contribution in [2.75, 3.05) is 5.32 Å². The van der Waals surface area contributed by atoms with Gasteiger partial charge in [0.15, 0.2) is 5.82 Å². The Bertz CT molecular complexity index is 1140. The molecule has 0 bridgehead atoms. The number of hydrogen-bond acceptors (Lipinski definition) is 6. The Morgan fingerprint density at radius 2 is 1.70 bits per heavy atom. The Hall–Kier alpha value is -4.00. The molecule has 0 unspecified atom stereocenters. The van der Waals surface area contributed by atoms with E-state index in [1.165, 1.54) is 12.1 Å². The summed E-state index contributed by atoms with van der Waals surface area (Å²) >= 11 is 0. The lowest BCUT2D eigenvalue weighted by Crippen LogP contribution is -1.98. The van der Waals surface area contributed by atoms with Crippen LogP contribution in [0.25, 0.3) is 23.1 Å². The van der Waals surface area contributed by atoms with Crippen LogP contribution < -0.4 is 5.32 Å². The SMILES string of the molecule is O=[N+]([O-])c1ccc(/C=C/c2nc(Nc3ccccc3)c3ccccc3n2)o1. The van der Waals surface area contributed by atoms with Crippen molar-refractivity contribution in [3.8, 4) is 0 Å². The Morgan fingerprint density at radius 3 is 2.48 bits per heavy atom. The molecule has 0 aliphatic heterocycles. The second kappa shape index (κ2) is 7.09. The number of anilines is 2. The predicted molar refractivity (Wildman–Crippen MR) is 104 cm³/mol. The predicted octanol–water partition coefficient (Wildman–Crippen LogP) is 5.05. The molecule has 0 amide bonds. The molecule has 0 saturated heterocycles. The van der Waals surface area contributed by atoms with Gasteiger partial charge >= 0.3 is 5.88 Å². The van der Waals surface area contributed by atoms with Crippen molar-refractivity contribution in [1.82, 2.24) is 9.97 Å². The normalized spacial score (nSPS) is 11.1. The van der Waals surface area contributed by atoms with E-state index < -0.39 is 4.92 Å². The maximum atomic E-state index is 10.7. The van der Waals surface area contributed by atoms with Gasteiger partial charge in [-0.3, -0.25) is 10.1 Å². The van der Waals surface area contributed by atoms with Crippen LogP contribution >= 0.6 is 0 Å². The van der Waals surface area contributed by atoms with Crippen LogP contribution in [-0.4, -0.2) is 14.9 Å². The first-order valence-electron chi connectivity index (χ1n) is 8.20. The van der Waals surface area contributed by atoms with Gasteiger partial charge in [-0.2, -0.15) is 0 Å². The zero-order valence-electron chi connectivity index (χ0n) is 14.1. The van der Waals surface area contributed by atoms with E-state index in [1.54, 1.807) is 12.2 Å². The van der Waals surface area contributed by atoms with E-state index in [0.29, 0.717) is 17.4 Å². The number of fused-ring (bicyclic) bond motifs is 1. The number of para-hydroxylation sites is 2. The summed E-state index contributed by atoms with van der Waals surface area (Å²) in [5.41, 5.74) is 1.70. The lowest BCUT2D eigenvalue weighted by atomic mass is 10.2. The molecule has 132 valence electrons. The summed E-state index contributed by atoms with van der Waals surface area (Å²) in [6.45, 7) is 0. The van der Waals surface area contributed by atoms with E-state index >= 15 is 0 Å². The van der Waals surface area contributed by atoms with Gasteiger partial charge in [0.1, 0.15) is 16.5 Å². The average molecular weight is 358 g/mol. The minimum Gasteiger partial charge on any atom is -0.401 e. The van der Waals surface area contributed by atoms with Gasteiger partial charge in [0.05, 0.1) is 11.6 Å². The molecule has 1 N–H and O–H groups in total. The molecule has 0 fully saturated rings. The fourth-order valence-corrected chi connectivity index (χ4v) is 2.61. The van der Waals surface area contributed by atoms with Crippen LogP contribution in [0.4, 0.5) is 17.4 Å². The first-order valence-corrected chi connectivity index (χ1v) is 8.20. The van der Waals surface area contributed by atoms with E-state index in [9.17, 15) is 10.1 Å². The topological polar surface area (TPSA) is 94.1 Å². The highest BCUT2D eigenvalue weighted by Gasteiger charge is 2.10. The standard InChI is InChI=1S/C20H14N4O3/c25-24(26)19-13-11-15(27-19)10-12-18-22-17-9-5-4-8-16(17)20(23-18)21-14-6-2-1-3-7-14/h1-13H,(H,21,22,23)/b12-10+. The second-order valence-corrected chi connectivity index (χ2v) is 5.71. The van der Waals surface area contributed by atoms with E-state index in [1.807, 2.05) is 54.6 Å². The van der Waals surface area contributed by atoms with Crippen molar-refractivity contribution in [1.29, 1.82) is 0 Å². The molecule has 0 radical (unpaired) electrons. The molecule has 7 nitrogen and oxygen atoms in total. The van der Waals surface area contributed by atoms with E-state index in [-0.39, 0.29) is 5.88 Å². The zero-order chi connectivity index (χ0) is 18.6. The number of nitrogens with one attached hydrogen (secondary N) is 1. The van der Waals surface area contributed by atoms with E-state index in [0.717, 1.165) is 16.6 Å². The fourth-order valence-electron chi connectivity index (χ4n) is 2.61. The molecule has 0 aliphatic carbocycles. The molecule has 2 heterocycles. The molecule has 0 saturated carbocycles. The Morgan fingerprint density at radius 1 is 0.926 bits per heavy atom. The van der Waals surface area contributed by atoms with Gasteiger partial charge in [-0.05, 0) is 42.5 Å². The molecular formula is C20H14N4O3. The third-order valence-electron chi connectivity index (χ3n) is 3.85. The van der Waals surface area contributed by atoms with Gasteiger partial charge in [-0.25, -0.2) is 9.97 Å². The van der Waals surface area contributed by atoms with Crippen LogP contribution in [0.1, 0.15) is 11.6 Å². The monoisotopic (exact) mass is 358 g/mol. The summed E-state index contributed by atoms with van der Waals surface area (Å²) in [4.78, 5) is 19.2. The number of nitro groups is 1. The third-order valence-corrected chi connectivity index (χ3v) is 3.85. The van der Waals surface area contributed by atoms with Crippen LogP contribution in [0.2, 0.25) is 0 Å². The second-order valence-electron chi connectivity index (χ2n) is 5.71. The highest BCUT2D eigenvalue weighted by atomic mass is 16.6. The molecule has 4 rings (SSSR count). The summed E-state index contributed by atoms with van der Waals surface area (Å²) < 4.78 is 5.12. The summed E-state index contributed by atoms with van der Waals surface area (Å²) in [5, 5.41) is 14.9. The molecule has 0 atom stereocenters. The first-order chi connectivity index (χ1) is 13.2. The number of hydrogen-bond donors (Lipinski definition) is 1. The Balaban J connectivity index is 1.70. The number of furan rings is 1. The van der Waals surface area contributed by atoms with Gasteiger partial charge in [0.2, 0.25) is 0 Å². The van der Waals surface area contributed by atoms with Crippen LogP contribution in [0.5, 0.6) is 0 Å². The maximum absolute atomic E-state index is 10.7. The third kappa shape index (κ3) is 3.67. The number of nitrogens with zero attached hydrogens (tertiary/aromatic N) is 3. The highest BCUT2D eigenvalue weighted by molar-refractivity contribution is 5.91. The average Bonchev–Trinajstić information content (AvgIpc) is 3.17. The number of rotatable bonds is 5. The maximum Gasteiger partial charge on any atom is 0.433 e. The number of aromatic nitrogens is 2. The summed E-state index contributed by atoms with van der Waals surface area (Å²) in [5.74, 6) is 1.19. The van der Waals surface area contributed by atoms with Crippen molar-refractivity contribution < 1.29 is 9.34 Å². The zero-order valence-corrected chi connectivity index (χ0v) is 14.1. The molecule has 0 spiro atoms. The Kier molecular flexibility index (Phi) is 4.32. The van der Waals surface area contributed by atoms with E-state index in [4.69, 9.17) is 4.42 Å². The van der Waals surface area contributed by atoms with Crippen molar-refractivity contribution >= 4 is 40.4 Å². The van der Waals surface area contributed by atoms with Gasteiger partial charge < -0.3 is 9.73 Å². The minimum atomic E-state index is -0.578. The van der Waals surface area contributed by atoms with Crippen molar-refractivity contribution in [2.24, 2.45) is 0 Å². The number of benzene rings is 2. The van der Waals surface area contributed by atoms with Gasteiger partial charge in [-0.1, -0.05) is 30.3 Å². The molecule has 2 aromatic heterocycles. The molecule has 0 aliphatic rings. The van der Waals surface area contributed by atoms with Crippen molar-refractivity contribution in [3.05, 3.63) is 88.4 Å². The van der Waals surface area contributed by atoms with Crippen molar-refractivity contribution in [2.45, 2.75) is 0 Å². The summed E-state index contributed by atoms with van der Waals surface area (Å²) in [6, 6.07) is 20.3. The van der Waals surface area contributed by atoms with Crippen LogP contribution in [0, 0.1) is 10.1 Å². The van der Waals surface area contributed by atoms with E-state index in [2.05, 4.69) is 15.3 Å². The van der Waals surface area contributed by atoms with Crippen molar-refractivity contribution in [3.63, 3.8) is 0 Å². The lowest BCUT2D eigenvalue weighted by Gasteiger charge is -2.09. The minimum absolute atomic E-state index is 0.305. The smallest absolute Gasteiger partial charge is 0.401 e. The molecule has 4 aromatic rings. The summed E-state index contributed by atoms with van der Waals surface area (Å²) in [7, 11) is 0. The largest absolute Gasteiger partial charge is 0.433 e. The molecular weight excluding hydrogens is 344 g/mol. The molecule has 2 aromatic carbocycles. The fraction of sp³-hybridized carbons (Fsp3) is 0. The summed E-state index contributed by atoms with van der Waals surface area (Å²) in [6.07, 6.45) is 3.26. The van der Waals surface area contributed by atoms with Crippen LogP contribution in [0.15, 0.2) is 71.1 Å². The van der Waals surface area contributed by atoms with Gasteiger partial charge in [-0.15, -0.1) is 0 Å². The van der Waals surface area contributed by atoms with Crippen LogP contribution in [0.3, 0.4) is 0 Å². The lowest BCUT2D eigenvalue weighted by molar-refractivity contribution is -0.402. The van der Waals surface area contributed by atoms with Gasteiger partial charge in [0.25, 0.3) is 0 Å². The van der Waals surface area contributed by atoms with Gasteiger partial charge in [0, 0.05) is 11.1 Å². The first kappa shape index (κ1) is 16.5. The molecule has 27 heavy (non-hydrogen) atoms. The van der Waals surface area contributed by atoms with Crippen LogP contribution in [-0.2, 0) is 0 Å².